The second-order valence-corrected chi connectivity index (χ2v) is 3.69. The molecule has 0 fully saturated rings. The number of carbonyl (C=O) groups excluding carboxylic acids is 2. The van der Waals surface area contributed by atoms with Gasteiger partial charge in [-0.05, 0) is 12.1 Å². The summed E-state index contributed by atoms with van der Waals surface area (Å²) >= 11 is 0. The number of para-hydroxylation sites is 1. The second kappa shape index (κ2) is 7.92. The Hall–Kier alpha value is -2.30. The average molecular weight is 264 g/mol. The molecular weight excluding hydrogens is 248 g/mol. The minimum absolute atomic E-state index is 0.0722. The molecule has 0 heterocycles. The Balaban J connectivity index is 2.47. The Morgan fingerprint density at radius 3 is 2.53 bits per heavy atom. The molecule has 0 bridgehead atoms. The number of hydrogen-bond acceptors (Lipinski definition) is 5. The molecule has 0 radical (unpaired) electrons. The van der Waals surface area contributed by atoms with Crippen molar-refractivity contribution in [1.29, 1.82) is 0 Å². The van der Waals surface area contributed by atoms with Gasteiger partial charge in [-0.2, -0.15) is 0 Å². The summed E-state index contributed by atoms with van der Waals surface area (Å²) in [6.07, 6.45) is 0.393. The first kappa shape index (κ1) is 14.8. The molecule has 0 amide bonds. The molecule has 102 valence electrons. The lowest BCUT2D eigenvalue weighted by Crippen LogP contribution is -2.30. The van der Waals surface area contributed by atoms with Crippen molar-refractivity contribution in [3.63, 3.8) is 0 Å². The fraction of sp³-hybridized carbons (Fsp3) is 0.286. The van der Waals surface area contributed by atoms with Crippen molar-refractivity contribution in [1.82, 2.24) is 0 Å². The highest BCUT2D eigenvalue weighted by atomic mass is 16.6. The van der Waals surface area contributed by atoms with Gasteiger partial charge >= 0.3 is 11.9 Å². The van der Waals surface area contributed by atoms with E-state index in [9.17, 15) is 9.59 Å². The molecule has 0 aliphatic heterocycles. The molecule has 1 atom stereocenters. The van der Waals surface area contributed by atoms with Crippen molar-refractivity contribution in [2.45, 2.75) is 13.0 Å². The van der Waals surface area contributed by atoms with Crippen LogP contribution in [0.2, 0.25) is 0 Å². The molecule has 1 unspecified atom stereocenters. The van der Waals surface area contributed by atoms with Gasteiger partial charge in [0.05, 0.1) is 0 Å². The molecule has 0 saturated carbocycles. The predicted molar refractivity (Wildman–Crippen MR) is 68.6 cm³/mol. The van der Waals surface area contributed by atoms with Crippen LogP contribution in [-0.4, -0.2) is 31.3 Å². The summed E-state index contributed by atoms with van der Waals surface area (Å²) in [5.74, 6) is -0.386. The van der Waals surface area contributed by atoms with Crippen LogP contribution >= 0.6 is 0 Å². The SMILES string of the molecule is C=CC(=O)OCC(COc1ccccc1)OC(C)=O. The smallest absolute Gasteiger partial charge is 0.330 e. The van der Waals surface area contributed by atoms with Gasteiger partial charge in [0.25, 0.3) is 0 Å². The molecule has 0 N–H and O–H groups in total. The van der Waals surface area contributed by atoms with Gasteiger partial charge in [-0.25, -0.2) is 4.79 Å². The summed E-state index contributed by atoms with van der Waals surface area (Å²) < 4.78 is 15.3. The lowest BCUT2D eigenvalue weighted by molar-refractivity contribution is -0.156. The molecule has 1 rings (SSSR count). The summed E-state index contributed by atoms with van der Waals surface area (Å²) in [6, 6.07) is 9.07. The first-order chi connectivity index (χ1) is 9.11. The minimum atomic E-state index is -0.651. The first-order valence-corrected chi connectivity index (χ1v) is 5.76. The van der Waals surface area contributed by atoms with Crippen LogP contribution in [0.5, 0.6) is 5.75 Å². The summed E-state index contributed by atoms with van der Waals surface area (Å²) in [5, 5.41) is 0. The van der Waals surface area contributed by atoms with Gasteiger partial charge in [-0.15, -0.1) is 0 Å². The molecule has 0 saturated heterocycles. The Kier molecular flexibility index (Phi) is 6.15. The first-order valence-electron chi connectivity index (χ1n) is 5.76. The van der Waals surface area contributed by atoms with Gasteiger partial charge in [0.15, 0.2) is 6.10 Å². The van der Waals surface area contributed by atoms with E-state index in [4.69, 9.17) is 14.2 Å². The summed E-state index contributed by atoms with van der Waals surface area (Å²) in [6.45, 7) is 4.60. The third kappa shape index (κ3) is 6.26. The fourth-order valence-electron chi connectivity index (χ4n) is 1.29. The topological polar surface area (TPSA) is 61.8 Å². The Bertz CT molecular complexity index is 427. The normalized spacial score (nSPS) is 11.2. The Morgan fingerprint density at radius 2 is 1.95 bits per heavy atom. The lowest BCUT2D eigenvalue weighted by Gasteiger charge is -2.17. The van der Waals surface area contributed by atoms with Crippen LogP contribution in [0.4, 0.5) is 0 Å². The number of ether oxygens (including phenoxy) is 3. The molecule has 0 aliphatic carbocycles. The molecule has 1 aromatic carbocycles. The van der Waals surface area contributed by atoms with Crippen molar-refractivity contribution in [2.24, 2.45) is 0 Å². The molecule has 19 heavy (non-hydrogen) atoms. The van der Waals surface area contributed by atoms with Crippen LogP contribution in [0.15, 0.2) is 43.0 Å². The number of benzene rings is 1. The van der Waals surface area contributed by atoms with E-state index in [-0.39, 0.29) is 13.2 Å². The van der Waals surface area contributed by atoms with Crippen LogP contribution in [0.3, 0.4) is 0 Å². The second-order valence-electron chi connectivity index (χ2n) is 3.69. The van der Waals surface area contributed by atoms with E-state index < -0.39 is 18.0 Å². The van der Waals surface area contributed by atoms with Crippen molar-refractivity contribution in [3.8, 4) is 5.75 Å². The molecule has 5 nitrogen and oxygen atoms in total. The third-order valence-electron chi connectivity index (χ3n) is 2.09. The summed E-state index contributed by atoms with van der Waals surface area (Å²) in [5.41, 5.74) is 0. The summed E-state index contributed by atoms with van der Waals surface area (Å²) in [7, 11) is 0. The maximum atomic E-state index is 11.0. The van der Waals surface area contributed by atoms with Crippen LogP contribution in [0.1, 0.15) is 6.92 Å². The number of esters is 2. The predicted octanol–water partition coefficient (Wildman–Crippen LogP) is 1.73. The van der Waals surface area contributed by atoms with Gasteiger partial charge < -0.3 is 14.2 Å². The largest absolute Gasteiger partial charge is 0.490 e. The standard InChI is InChI=1S/C14H16O5/c1-3-14(16)18-10-13(19-11(2)15)9-17-12-7-5-4-6-8-12/h3-8,13H,1,9-10H2,2H3. The lowest BCUT2D eigenvalue weighted by atomic mass is 10.3. The molecule has 5 heteroatoms. The molecular formula is C14H16O5. The summed E-state index contributed by atoms with van der Waals surface area (Å²) in [4.78, 5) is 21.9. The van der Waals surface area contributed by atoms with Gasteiger partial charge in [-0.3, -0.25) is 4.79 Å². The maximum Gasteiger partial charge on any atom is 0.330 e. The van der Waals surface area contributed by atoms with Crippen LogP contribution in [0, 0.1) is 0 Å². The molecule has 1 aromatic rings. The molecule has 0 spiro atoms. The minimum Gasteiger partial charge on any atom is -0.490 e. The molecule has 0 aromatic heterocycles. The number of rotatable bonds is 7. The van der Waals surface area contributed by atoms with Crippen molar-refractivity contribution in [3.05, 3.63) is 43.0 Å². The zero-order valence-corrected chi connectivity index (χ0v) is 10.7. The number of carbonyl (C=O) groups is 2. The highest BCUT2D eigenvalue weighted by Gasteiger charge is 2.15. The van der Waals surface area contributed by atoms with E-state index in [0.717, 1.165) is 6.08 Å². The maximum absolute atomic E-state index is 11.0. The van der Waals surface area contributed by atoms with Gasteiger partial charge in [-0.1, -0.05) is 24.8 Å². The van der Waals surface area contributed by atoms with Gasteiger partial charge in [0.2, 0.25) is 0 Å². The van der Waals surface area contributed by atoms with Crippen molar-refractivity contribution in [2.75, 3.05) is 13.2 Å². The Morgan fingerprint density at radius 1 is 1.26 bits per heavy atom. The van der Waals surface area contributed by atoms with E-state index in [1.54, 1.807) is 12.1 Å². The van der Waals surface area contributed by atoms with Crippen molar-refractivity contribution < 1.29 is 23.8 Å². The quantitative estimate of drug-likeness (QED) is 0.554. The third-order valence-corrected chi connectivity index (χ3v) is 2.09. The highest BCUT2D eigenvalue weighted by Crippen LogP contribution is 2.09. The van der Waals surface area contributed by atoms with E-state index in [1.807, 2.05) is 18.2 Å². The fourth-order valence-corrected chi connectivity index (χ4v) is 1.29. The molecule has 0 aliphatic rings. The van der Waals surface area contributed by atoms with E-state index >= 15 is 0 Å². The van der Waals surface area contributed by atoms with Crippen LogP contribution < -0.4 is 4.74 Å². The Labute approximate surface area is 111 Å². The van der Waals surface area contributed by atoms with Crippen LogP contribution in [0.25, 0.3) is 0 Å². The van der Waals surface area contributed by atoms with E-state index in [0.29, 0.717) is 5.75 Å². The van der Waals surface area contributed by atoms with E-state index in [1.165, 1.54) is 6.92 Å². The van der Waals surface area contributed by atoms with Gasteiger partial charge in [0.1, 0.15) is 19.0 Å². The van der Waals surface area contributed by atoms with Gasteiger partial charge in [0, 0.05) is 13.0 Å². The monoisotopic (exact) mass is 264 g/mol. The zero-order chi connectivity index (χ0) is 14.1. The highest BCUT2D eigenvalue weighted by molar-refractivity contribution is 5.81. The van der Waals surface area contributed by atoms with Crippen molar-refractivity contribution >= 4 is 11.9 Å². The zero-order valence-electron chi connectivity index (χ0n) is 10.7. The van der Waals surface area contributed by atoms with E-state index in [2.05, 4.69) is 6.58 Å². The van der Waals surface area contributed by atoms with Crippen LogP contribution in [-0.2, 0) is 19.1 Å². The average Bonchev–Trinajstić information content (AvgIpc) is 2.42. The number of hydrogen-bond donors (Lipinski definition) is 0.